The number of halogens is 3. The molecule has 11 heteroatoms. The quantitative estimate of drug-likeness (QED) is 0.727. The molecule has 1 unspecified atom stereocenters. The first-order chi connectivity index (χ1) is 15.3. The van der Waals surface area contributed by atoms with Gasteiger partial charge in [-0.05, 0) is 19.2 Å². The van der Waals surface area contributed by atoms with Crippen molar-refractivity contribution in [3.05, 3.63) is 36.4 Å². The van der Waals surface area contributed by atoms with Gasteiger partial charge in [-0.3, -0.25) is 14.8 Å². The van der Waals surface area contributed by atoms with Gasteiger partial charge in [-0.25, -0.2) is 0 Å². The van der Waals surface area contributed by atoms with E-state index >= 15 is 0 Å². The monoisotopic (exact) mass is 443 g/mol. The third-order valence-corrected chi connectivity index (χ3v) is 5.87. The number of rotatable bonds is 3. The maximum atomic E-state index is 13.3. The summed E-state index contributed by atoms with van der Waals surface area (Å²) in [5.74, 6) is -1.65. The molecule has 5 rings (SSSR count). The molecule has 8 nitrogen and oxygen atoms in total. The van der Waals surface area contributed by atoms with E-state index in [0.717, 1.165) is 36.8 Å². The number of likely N-dealkylation sites (N-methyl/N-ethyl adjacent to an activating group) is 1. The zero-order valence-corrected chi connectivity index (χ0v) is 17.2. The molecule has 0 radical (unpaired) electrons. The van der Waals surface area contributed by atoms with Crippen molar-refractivity contribution in [1.29, 1.82) is 0 Å². The Balaban J connectivity index is 1.53. The van der Waals surface area contributed by atoms with E-state index in [0.29, 0.717) is 11.1 Å². The minimum absolute atomic E-state index is 0.0790. The van der Waals surface area contributed by atoms with Crippen molar-refractivity contribution in [3.8, 4) is 11.1 Å². The molecule has 0 N–H and O–H groups in total. The van der Waals surface area contributed by atoms with Crippen LogP contribution in [0.15, 0.2) is 40.9 Å². The molecule has 3 aliphatic rings. The van der Waals surface area contributed by atoms with Crippen LogP contribution in [-0.2, 0) is 4.79 Å². The Morgan fingerprint density at radius 2 is 1.81 bits per heavy atom. The first kappa shape index (κ1) is 20.6. The number of alkyl halides is 3. The number of pyridine rings is 2. The Bertz CT molecular complexity index is 1120. The van der Waals surface area contributed by atoms with E-state index in [2.05, 4.69) is 37.0 Å². The largest absolute Gasteiger partial charge is 0.406 e. The number of carbonyl (C=O) groups is 1. The molecule has 0 aliphatic carbocycles. The lowest BCUT2D eigenvalue weighted by Gasteiger charge is -2.34. The molecule has 2 aromatic heterocycles. The summed E-state index contributed by atoms with van der Waals surface area (Å²) in [4.78, 5) is 26.7. The highest BCUT2D eigenvalue weighted by molar-refractivity contribution is 6.31. The smallest absolute Gasteiger partial charge is 0.368 e. The number of nitrogens with zero attached hydrogens (tertiary/aromatic N) is 7. The summed E-state index contributed by atoms with van der Waals surface area (Å²) in [6.45, 7) is 2.19. The summed E-state index contributed by atoms with van der Waals surface area (Å²) < 4.78 is 39.8. The van der Waals surface area contributed by atoms with Crippen LogP contribution in [0, 0.1) is 5.92 Å². The van der Waals surface area contributed by atoms with Crippen molar-refractivity contribution in [2.45, 2.75) is 6.18 Å². The first-order valence-corrected chi connectivity index (χ1v) is 10.2. The van der Waals surface area contributed by atoms with Crippen LogP contribution < -0.4 is 9.80 Å². The predicted molar refractivity (Wildman–Crippen MR) is 114 cm³/mol. The number of carbonyl (C=O) groups excluding carboxylic acids is 1. The van der Waals surface area contributed by atoms with E-state index in [4.69, 9.17) is 0 Å². The van der Waals surface area contributed by atoms with Crippen LogP contribution in [0.3, 0.4) is 0 Å². The minimum atomic E-state index is -4.56. The van der Waals surface area contributed by atoms with Crippen molar-refractivity contribution < 1.29 is 18.0 Å². The molecule has 1 atom stereocenters. The fraction of sp³-hybridized carbons (Fsp3) is 0.381. The average Bonchev–Trinajstić information content (AvgIpc) is 3.26. The highest BCUT2D eigenvalue weighted by atomic mass is 19.4. The second-order valence-electron chi connectivity index (χ2n) is 8.08. The van der Waals surface area contributed by atoms with E-state index in [-0.39, 0.29) is 17.1 Å². The fourth-order valence-corrected chi connectivity index (χ4v) is 4.14. The molecule has 1 amide bonds. The summed E-state index contributed by atoms with van der Waals surface area (Å²) in [6.07, 6.45) is 1.68. The predicted octanol–water partition coefficient (Wildman–Crippen LogP) is 2.21. The lowest BCUT2D eigenvalue weighted by molar-refractivity contribution is -0.132. The van der Waals surface area contributed by atoms with Crippen LogP contribution in [-0.4, -0.2) is 78.6 Å². The van der Waals surface area contributed by atoms with Crippen LogP contribution in [0.25, 0.3) is 11.1 Å². The summed E-state index contributed by atoms with van der Waals surface area (Å²) in [6, 6.07) is 3.49. The van der Waals surface area contributed by atoms with Crippen molar-refractivity contribution in [2.24, 2.45) is 16.1 Å². The van der Waals surface area contributed by atoms with Crippen LogP contribution in [0.2, 0.25) is 0 Å². The average molecular weight is 443 g/mol. The molecule has 2 aromatic rings. The summed E-state index contributed by atoms with van der Waals surface area (Å²) >= 11 is 0. The third-order valence-electron chi connectivity index (χ3n) is 5.87. The molecule has 32 heavy (non-hydrogen) atoms. The van der Waals surface area contributed by atoms with Crippen LogP contribution in [0.4, 0.5) is 24.5 Å². The molecule has 0 aromatic carbocycles. The Kier molecular flexibility index (Phi) is 4.92. The van der Waals surface area contributed by atoms with Crippen LogP contribution in [0.5, 0.6) is 0 Å². The van der Waals surface area contributed by atoms with E-state index in [1.165, 1.54) is 6.21 Å². The molecule has 5 heterocycles. The molecule has 3 aliphatic heterocycles. The van der Waals surface area contributed by atoms with Crippen molar-refractivity contribution in [3.63, 3.8) is 0 Å². The van der Waals surface area contributed by atoms with Crippen LogP contribution >= 0.6 is 0 Å². The van der Waals surface area contributed by atoms with Gasteiger partial charge < -0.3 is 14.7 Å². The summed E-state index contributed by atoms with van der Waals surface area (Å²) in [5.41, 5.74) is 2.82. The molecule has 0 bridgehead atoms. The maximum Gasteiger partial charge on any atom is 0.406 e. The third kappa shape index (κ3) is 3.72. The highest BCUT2D eigenvalue weighted by Crippen LogP contribution is 2.36. The molecule has 1 fully saturated rings. The summed E-state index contributed by atoms with van der Waals surface area (Å²) in [5, 5.41) is 7.67. The van der Waals surface area contributed by atoms with Gasteiger partial charge in [-0.1, -0.05) is 0 Å². The van der Waals surface area contributed by atoms with E-state index < -0.39 is 24.5 Å². The van der Waals surface area contributed by atoms with E-state index in [1.54, 1.807) is 24.7 Å². The Labute approximate surface area is 182 Å². The van der Waals surface area contributed by atoms with Gasteiger partial charge in [-0.2, -0.15) is 23.4 Å². The summed E-state index contributed by atoms with van der Waals surface area (Å²) in [7, 11) is 2.07. The standard InChI is InChI=1S/C21H20F3N7O/c1-29-2-4-30(5-3-29)15-6-13(8-25-10-15)14-7-17-19(26-9-14)18-16(11-27-28-18)20(32)31(17)12-21(22,23)24/h6-11,16H,2-5,12H2,1H3. The van der Waals surface area contributed by atoms with Crippen LogP contribution in [0.1, 0.15) is 5.69 Å². The molecule has 0 spiro atoms. The number of hydrogen-bond acceptors (Lipinski definition) is 7. The van der Waals surface area contributed by atoms with Gasteiger partial charge in [0, 0.05) is 55.9 Å². The van der Waals surface area contributed by atoms with Gasteiger partial charge in [0.2, 0.25) is 5.91 Å². The number of piperazine rings is 1. The second kappa shape index (κ2) is 7.66. The molecule has 166 valence electrons. The van der Waals surface area contributed by atoms with Gasteiger partial charge in [0.15, 0.2) is 0 Å². The zero-order chi connectivity index (χ0) is 22.5. The fourth-order valence-electron chi connectivity index (χ4n) is 4.14. The molecule has 0 saturated carbocycles. The minimum Gasteiger partial charge on any atom is -0.368 e. The Morgan fingerprint density at radius 1 is 1.06 bits per heavy atom. The topological polar surface area (TPSA) is 77.3 Å². The van der Waals surface area contributed by atoms with Crippen molar-refractivity contribution in [1.82, 2.24) is 14.9 Å². The zero-order valence-electron chi connectivity index (χ0n) is 17.2. The Morgan fingerprint density at radius 3 is 2.56 bits per heavy atom. The maximum absolute atomic E-state index is 13.3. The molecular weight excluding hydrogens is 423 g/mol. The number of fused-ring (bicyclic) bond motifs is 3. The highest BCUT2D eigenvalue weighted by Gasteiger charge is 2.44. The van der Waals surface area contributed by atoms with Crippen molar-refractivity contribution in [2.75, 3.05) is 49.6 Å². The van der Waals surface area contributed by atoms with E-state index in [9.17, 15) is 18.0 Å². The lowest BCUT2D eigenvalue weighted by Crippen LogP contribution is -2.48. The first-order valence-electron chi connectivity index (χ1n) is 10.2. The molecular formula is C21H20F3N7O. The Hall–Kier alpha value is -3.34. The van der Waals surface area contributed by atoms with Gasteiger partial charge in [-0.15, -0.1) is 0 Å². The number of amides is 1. The second-order valence-corrected chi connectivity index (χ2v) is 8.08. The van der Waals surface area contributed by atoms with Crippen molar-refractivity contribution >= 4 is 29.2 Å². The van der Waals surface area contributed by atoms with Gasteiger partial charge in [0.05, 0.1) is 17.6 Å². The number of anilines is 2. The van der Waals surface area contributed by atoms with Gasteiger partial charge >= 0.3 is 6.18 Å². The number of aromatic nitrogens is 2. The normalized spacial score (nSPS) is 20.9. The lowest BCUT2D eigenvalue weighted by atomic mass is 9.93. The van der Waals surface area contributed by atoms with Gasteiger partial charge in [0.1, 0.15) is 23.9 Å². The van der Waals surface area contributed by atoms with E-state index in [1.807, 2.05) is 6.07 Å². The number of hydrogen-bond donors (Lipinski definition) is 0. The SMILES string of the molecule is CN1CCN(c2cncc(-c3cnc4c(c3)N(CC(F)(F)F)C(=O)C3C=NN=C43)c2)CC1. The van der Waals surface area contributed by atoms with Gasteiger partial charge in [0.25, 0.3) is 0 Å². The molecule has 1 saturated heterocycles.